The third-order valence-electron chi connectivity index (χ3n) is 4.15. The molecule has 4 nitrogen and oxygen atoms in total. The highest BCUT2D eigenvalue weighted by molar-refractivity contribution is 5.50. The van der Waals surface area contributed by atoms with E-state index >= 15 is 0 Å². The van der Waals surface area contributed by atoms with Crippen LogP contribution in [0.15, 0.2) is 18.2 Å². The van der Waals surface area contributed by atoms with Crippen LogP contribution >= 0.6 is 0 Å². The molecule has 0 unspecified atom stereocenters. The second-order valence-electron chi connectivity index (χ2n) is 6.70. The van der Waals surface area contributed by atoms with Gasteiger partial charge in [-0.3, -0.25) is 4.90 Å². The fourth-order valence-corrected chi connectivity index (χ4v) is 2.75. The van der Waals surface area contributed by atoms with Gasteiger partial charge >= 0.3 is 0 Å². The summed E-state index contributed by atoms with van der Waals surface area (Å²) in [5.74, 6) is 0.276. The molecule has 0 saturated carbocycles. The Hall–Kier alpha value is -1.26. The highest BCUT2D eigenvalue weighted by Gasteiger charge is 2.26. The minimum Gasteiger partial charge on any atom is -0.508 e. The fraction of sp³-hybridized carbons (Fsp3) is 0.625. The first kappa shape index (κ1) is 15.1. The molecular weight excluding hydrogens is 250 g/mol. The highest BCUT2D eigenvalue weighted by atomic mass is 16.3. The molecule has 1 aliphatic rings. The zero-order chi connectivity index (χ0) is 14.8. The van der Waals surface area contributed by atoms with E-state index in [-0.39, 0.29) is 11.3 Å². The smallest absolute Gasteiger partial charge is 0.116 e. The molecule has 4 N–H and O–H groups in total. The van der Waals surface area contributed by atoms with Crippen molar-refractivity contribution >= 4 is 5.69 Å². The van der Waals surface area contributed by atoms with E-state index in [0.29, 0.717) is 6.04 Å². The van der Waals surface area contributed by atoms with Crippen molar-refractivity contribution in [1.82, 2.24) is 10.2 Å². The molecule has 1 saturated heterocycles. The first-order valence-corrected chi connectivity index (χ1v) is 7.42. The normalized spacial score (nSPS) is 18.4. The molecule has 0 aromatic heterocycles. The number of piperidine rings is 1. The van der Waals surface area contributed by atoms with Crippen LogP contribution in [0, 0.1) is 0 Å². The number of phenolic OH excluding ortho intramolecular Hbond substituents is 1. The zero-order valence-corrected chi connectivity index (χ0v) is 12.8. The Morgan fingerprint density at radius 3 is 2.55 bits per heavy atom. The van der Waals surface area contributed by atoms with Gasteiger partial charge in [-0.1, -0.05) is 0 Å². The SMILES string of the molecule is CC(C)(C)N1CCC(NCc2cc(O)ccc2N)CC1. The minimum absolute atomic E-state index is 0.265. The highest BCUT2D eigenvalue weighted by Crippen LogP contribution is 2.22. The maximum absolute atomic E-state index is 9.51. The summed E-state index contributed by atoms with van der Waals surface area (Å²) in [6.45, 7) is 9.81. The third kappa shape index (κ3) is 3.87. The second kappa shape index (κ2) is 6.02. The Morgan fingerprint density at radius 2 is 1.95 bits per heavy atom. The van der Waals surface area contributed by atoms with E-state index in [1.54, 1.807) is 18.2 Å². The summed E-state index contributed by atoms with van der Waals surface area (Å²) in [6.07, 6.45) is 2.33. The Balaban J connectivity index is 1.83. The largest absolute Gasteiger partial charge is 0.508 e. The van der Waals surface area contributed by atoms with Crippen LogP contribution in [0.2, 0.25) is 0 Å². The predicted molar refractivity (Wildman–Crippen MR) is 83.7 cm³/mol. The molecular formula is C16H27N3O. The number of likely N-dealkylation sites (tertiary alicyclic amines) is 1. The van der Waals surface area contributed by atoms with Crippen LogP contribution in [0.4, 0.5) is 5.69 Å². The van der Waals surface area contributed by atoms with Crippen LogP contribution in [-0.4, -0.2) is 34.7 Å². The summed E-state index contributed by atoms with van der Waals surface area (Å²) in [5, 5.41) is 13.1. The molecule has 0 bridgehead atoms. The number of hydrogen-bond donors (Lipinski definition) is 3. The molecule has 0 amide bonds. The maximum atomic E-state index is 9.51. The number of nitrogens with zero attached hydrogens (tertiary/aromatic N) is 1. The van der Waals surface area contributed by atoms with Crippen molar-refractivity contribution in [2.24, 2.45) is 0 Å². The molecule has 1 aliphatic heterocycles. The summed E-state index contributed by atoms with van der Waals surface area (Å²) in [7, 11) is 0. The molecule has 2 rings (SSSR count). The number of anilines is 1. The molecule has 0 radical (unpaired) electrons. The predicted octanol–water partition coefficient (Wildman–Crippen LogP) is 2.33. The van der Waals surface area contributed by atoms with Gasteiger partial charge in [0.2, 0.25) is 0 Å². The van der Waals surface area contributed by atoms with Crippen molar-refractivity contribution < 1.29 is 5.11 Å². The first-order valence-electron chi connectivity index (χ1n) is 7.42. The van der Waals surface area contributed by atoms with E-state index in [1.165, 1.54) is 0 Å². The van der Waals surface area contributed by atoms with Gasteiger partial charge in [0.15, 0.2) is 0 Å². The van der Waals surface area contributed by atoms with E-state index in [0.717, 1.165) is 43.7 Å². The zero-order valence-electron chi connectivity index (χ0n) is 12.8. The van der Waals surface area contributed by atoms with Crippen LogP contribution in [0.25, 0.3) is 0 Å². The Kier molecular flexibility index (Phi) is 4.55. The summed E-state index contributed by atoms with van der Waals surface area (Å²) in [5.41, 5.74) is 7.90. The molecule has 1 aromatic rings. The second-order valence-corrected chi connectivity index (χ2v) is 6.70. The molecule has 20 heavy (non-hydrogen) atoms. The first-order chi connectivity index (χ1) is 9.36. The molecule has 0 spiro atoms. The van der Waals surface area contributed by atoms with Gasteiger partial charge in [-0.25, -0.2) is 0 Å². The topological polar surface area (TPSA) is 61.5 Å². The van der Waals surface area contributed by atoms with Gasteiger partial charge in [0.25, 0.3) is 0 Å². The van der Waals surface area contributed by atoms with Gasteiger partial charge < -0.3 is 16.2 Å². The fourth-order valence-electron chi connectivity index (χ4n) is 2.75. The molecule has 0 atom stereocenters. The van der Waals surface area contributed by atoms with Crippen molar-refractivity contribution in [1.29, 1.82) is 0 Å². The number of aromatic hydroxyl groups is 1. The average molecular weight is 277 g/mol. The van der Waals surface area contributed by atoms with E-state index in [9.17, 15) is 5.11 Å². The lowest BCUT2D eigenvalue weighted by atomic mass is 9.98. The monoisotopic (exact) mass is 277 g/mol. The van der Waals surface area contributed by atoms with Crippen molar-refractivity contribution in [3.05, 3.63) is 23.8 Å². The summed E-state index contributed by atoms with van der Waals surface area (Å²) in [4.78, 5) is 2.54. The number of nitrogen functional groups attached to an aromatic ring is 1. The van der Waals surface area contributed by atoms with Gasteiger partial charge in [-0.05, 0) is 57.4 Å². The molecule has 0 aliphatic carbocycles. The van der Waals surface area contributed by atoms with Crippen molar-refractivity contribution in [3.8, 4) is 5.75 Å². The lowest BCUT2D eigenvalue weighted by Crippen LogP contribution is -2.49. The number of rotatable bonds is 3. The number of nitrogens with one attached hydrogen (secondary N) is 1. The van der Waals surface area contributed by atoms with E-state index < -0.39 is 0 Å². The number of nitrogens with two attached hydrogens (primary N) is 1. The van der Waals surface area contributed by atoms with E-state index in [2.05, 4.69) is 31.0 Å². The molecule has 1 fully saturated rings. The van der Waals surface area contributed by atoms with Gasteiger partial charge in [0, 0.05) is 36.9 Å². The number of phenols is 1. The summed E-state index contributed by atoms with van der Waals surface area (Å²) in [6, 6.07) is 5.66. The van der Waals surface area contributed by atoms with Crippen LogP contribution in [0.5, 0.6) is 5.75 Å². The minimum atomic E-state index is 0.265. The quantitative estimate of drug-likeness (QED) is 0.586. The lowest BCUT2D eigenvalue weighted by molar-refractivity contribution is 0.0960. The molecule has 4 heteroatoms. The van der Waals surface area contributed by atoms with Gasteiger partial charge in [-0.2, -0.15) is 0 Å². The van der Waals surface area contributed by atoms with Crippen molar-refractivity contribution in [2.45, 2.75) is 51.7 Å². The van der Waals surface area contributed by atoms with Crippen LogP contribution < -0.4 is 11.1 Å². The number of benzene rings is 1. The Labute approximate surface area is 122 Å². The van der Waals surface area contributed by atoms with Gasteiger partial charge in [0.1, 0.15) is 5.75 Å². The summed E-state index contributed by atoms with van der Waals surface area (Å²) >= 11 is 0. The lowest BCUT2D eigenvalue weighted by Gasteiger charge is -2.41. The Morgan fingerprint density at radius 1 is 1.30 bits per heavy atom. The van der Waals surface area contributed by atoms with Crippen LogP contribution in [0.3, 0.4) is 0 Å². The van der Waals surface area contributed by atoms with E-state index in [4.69, 9.17) is 5.73 Å². The number of hydrogen-bond acceptors (Lipinski definition) is 4. The van der Waals surface area contributed by atoms with Crippen LogP contribution in [0.1, 0.15) is 39.2 Å². The maximum Gasteiger partial charge on any atom is 0.116 e. The Bertz CT molecular complexity index is 446. The van der Waals surface area contributed by atoms with Crippen molar-refractivity contribution in [2.75, 3.05) is 18.8 Å². The molecule has 1 heterocycles. The third-order valence-corrected chi connectivity index (χ3v) is 4.15. The summed E-state index contributed by atoms with van der Waals surface area (Å²) < 4.78 is 0. The van der Waals surface area contributed by atoms with E-state index in [1.807, 2.05) is 0 Å². The standard InChI is InChI=1S/C16H27N3O/c1-16(2,3)19-8-6-13(7-9-19)18-11-12-10-14(20)4-5-15(12)17/h4-5,10,13,18,20H,6-9,11,17H2,1-3H3. The molecule has 112 valence electrons. The average Bonchev–Trinajstić information content (AvgIpc) is 2.39. The van der Waals surface area contributed by atoms with Gasteiger partial charge in [0.05, 0.1) is 0 Å². The van der Waals surface area contributed by atoms with Crippen LogP contribution in [-0.2, 0) is 6.54 Å². The van der Waals surface area contributed by atoms with Crippen molar-refractivity contribution in [3.63, 3.8) is 0 Å². The van der Waals surface area contributed by atoms with Gasteiger partial charge in [-0.15, -0.1) is 0 Å². The molecule has 1 aromatic carbocycles.